The van der Waals surface area contributed by atoms with E-state index < -0.39 is 17.9 Å². The third kappa shape index (κ3) is 6.85. The van der Waals surface area contributed by atoms with Crippen LogP contribution in [0.25, 0.3) is 0 Å². The van der Waals surface area contributed by atoms with Gasteiger partial charge in [0.2, 0.25) is 0 Å². The monoisotopic (exact) mass is 414 g/mol. The fourth-order valence-electron chi connectivity index (χ4n) is 6.53. The van der Waals surface area contributed by atoms with Crippen molar-refractivity contribution in [3.63, 3.8) is 0 Å². The van der Waals surface area contributed by atoms with Gasteiger partial charge in [0.25, 0.3) is 0 Å². The van der Waals surface area contributed by atoms with E-state index in [2.05, 4.69) is 6.58 Å². The molecule has 3 aliphatic carbocycles. The van der Waals surface area contributed by atoms with Crippen LogP contribution in [0.1, 0.15) is 89.9 Å². The van der Waals surface area contributed by atoms with Gasteiger partial charge in [0.1, 0.15) is 5.83 Å². The zero-order valence-corrected chi connectivity index (χ0v) is 17.7. The molecule has 3 rings (SSSR count). The van der Waals surface area contributed by atoms with Gasteiger partial charge in [0.15, 0.2) is 0 Å². The minimum Gasteiger partial charge on any atom is -0.212 e. The van der Waals surface area contributed by atoms with Gasteiger partial charge in [0.05, 0.1) is 6.08 Å². The summed E-state index contributed by atoms with van der Waals surface area (Å²) in [4.78, 5) is 0. The SMILES string of the molecule is C=CCCC1CCC(C2CCC(C3CCC(/C(F)=C/C(F)(F)F)CC3)CC2)CC1. The molecule has 0 nitrogen and oxygen atoms in total. The van der Waals surface area contributed by atoms with Crippen LogP contribution in [0.3, 0.4) is 0 Å². The van der Waals surface area contributed by atoms with Crippen LogP contribution in [-0.4, -0.2) is 6.18 Å². The molecule has 3 fully saturated rings. The Morgan fingerprint density at radius 3 is 1.55 bits per heavy atom. The number of allylic oxidation sites excluding steroid dienone is 3. The Morgan fingerprint density at radius 2 is 1.14 bits per heavy atom. The van der Waals surface area contributed by atoms with E-state index >= 15 is 0 Å². The van der Waals surface area contributed by atoms with E-state index in [9.17, 15) is 17.6 Å². The molecule has 0 aromatic heterocycles. The number of hydrogen-bond acceptors (Lipinski definition) is 0. The lowest BCUT2D eigenvalue weighted by Crippen LogP contribution is -2.30. The lowest BCUT2D eigenvalue weighted by atomic mass is 9.65. The largest absolute Gasteiger partial charge is 0.412 e. The van der Waals surface area contributed by atoms with Crippen LogP contribution in [-0.2, 0) is 0 Å². The number of alkyl halides is 3. The van der Waals surface area contributed by atoms with Gasteiger partial charge >= 0.3 is 6.18 Å². The van der Waals surface area contributed by atoms with Crippen molar-refractivity contribution in [2.75, 3.05) is 0 Å². The zero-order valence-electron chi connectivity index (χ0n) is 17.7. The molecule has 166 valence electrons. The van der Waals surface area contributed by atoms with E-state index in [1.54, 1.807) is 0 Å². The van der Waals surface area contributed by atoms with Crippen LogP contribution < -0.4 is 0 Å². The first kappa shape index (κ1) is 22.9. The number of rotatable bonds is 6. The number of halogens is 4. The lowest BCUT2D eigenvalue weighted by molar-refractivity contribution is -0.0821. The van der Waals surface area contributed by atoms with Gasteiger partial charge in [-0.15, -0.1) is 6.58 Å². The van der Waals surface area contributed by atoms with Crippen LogP contribution in [0.4, 0.5) is 17.6 Å². The molecule has 0 amide bonds. The third-order valence-electron chi connectivity index (χ3n) is 8.28. The van der Waals surface area contributed by atoms with E-state index in [0.29, 0.717) is 24.7 Å². The molecule has 0 spiro atoms. The molecule has 3 aliphatic rings. The fourth-order valence-corrected chi connectivity index (χ4v) is 6.53. The quantitative estimate of drug-likeness (QED) is 0.301. The van der Waals surface area contributed by atoms with Crippen LogP contribution in [0.5, 0.6) is 0 Å². The highest BCUT2D eigenvalue weighted by atomic mass is 19.4. The molecular weight excluding hydrogens is 376 g/mol. The Kier molecular flexibility index (Phi) is 8.27. The topological polar surface area (TPSA) is 0 Å². The maximum Gasteiger partial charge on any atom is 0.412 e. The standard InChI is InChI=1S/C25H38F4/c1-2-3-4-18-5-7-19(8-6-18)20-9-11-21(12-10-20)22-13-15-23(16-14-22)24(26)17-25(27,28)29/h2,17-23H,1,3-16H2/b24-17-. The number of hydrogen-bond donors (Lipinski definition) is 0. The van der Waals surface area contributed by atoms with E-state index in [1.807, 2.05) is 6.08 Å². The Labute approximate surface area is 174 Å². The summed E-state index contributed by atoms with van der Waals surface area (Å²) >= 11 is 0. The molecule has 29 heavy (non-hydrogen) atoms. The van der Waals surface area contributed by atoms with E-state index in [-0.39, 0.29) is 6.08 Å². The molecule has 0 saturated heterocycles. The smallest absolute Gasteiger partial charge is 0.212 e. The van der Waals surface area contributed by atoms with Gasteiger partial charge in [-0.1, -0.05) is 18.9 Å². The predicted molar refractivity (Wildman–Crippen MR) is 111 cm³/mol. The van der Waals surface area contributed by atoms with E-state index in [4.69, 9.17) is 0 Å². The van der Waals surface area contributed by atoms with Crippen molar-refractivity contribution in [1.82, 2.24) is 0 Å². The summed E-state index contributed by atoms with van der Waals surface area (Å²) in [6.45, 7) is 3.84. The van der Waals surface area contributed by atoms with Gasteiger partial charge in [-0.25, -0.2) is 4.39 Å². The van der Waals surface area contributed by atoms with Crippen molar-refractivity contribution >= 4 is 0 Å². The molecule has 0 heterocycles. The molecule has 0 unspecified atom stereocenters. The maximum atomic E-state index is 13.8. The van der Waals surface area contributed by atoms with Gasteiger partial charge in [-0.05, 0) is 107 Å². The van der Waals surface area contributed by atoms with Crippen LogP contribution in [0.15, 0.2) is 24.6 Å². The first-order valence-electron chi connectivity index (χ1n) is 11.9. The Bertz CT molecular complexity index is 526. The summed E-state index contributed by atoms with van der Waals surface area (Å²) in [6.07, 6.45) is 13.6. The van der Waals surface area contributed by atoms with Gasteiger partial charge < -0.3 is 0 Å². The highest BCUT2D eigenvalue weighted by molar-refractivity contribution is 5.03. The van der Waals surface area contributed by atoms with Crippen molar-refractivity contribution in [2.45, 2.75) is 96.1 Å². The normalized spacial score (nSPS) is 37.3. The van der Waals surface area contributed by atoms with Crippen LogP contribution >= 0.6 is 0 Å². The molecular formula is C25H38F4. The molecule has 0 aromatic rings. The second-order valence-corrected chi connectivity index (χ2v) is 10.0. The third-order valence-corrected chi connectivity index (χ3v) is 8.28. The van der Waals surface area contributed by atoms with Gasteiger partial charge in [-0.2, -0.15) is 13.2 Å². The summed E-state index contributed by atoms with van der Waals surface area (Å²) in [5.74, 6) is 2.54. The molecule has 0 aromatic carbocycles. The average Bonchev–Trinajstić information content (AvgIpc) is 2.72. The average molecular weight is 415 g/mol. The summed E-state index contributed by atoms with van der Waals surface area (Å²) in [5.41, 5.74) is 0. The Morgan fingerprint density at radius 1 is 0.724 bits per heavy atom. The molecule has 3 saturated carbocycles. The van der Waals surface area contributed by atoms with Crippen molar-refractivity contribution in [3.8, 4) is 0 Å². The predicted octanol–water partition coefficient (Wildman–Crippen LogP) is 8.79. The zero-order chi connectivity index (χ0) is 20.9. The van der Waals surface area contributed by atoms with Crippen molar-refractivity contribution in [1.29, 1.82) is 0 Å². The fraction of sp³-hybridized carbons (Fsp3) is 0.840. The second-order valence-electron chi connectivity index (χ2n) is 10.0. The van der Waals surface area contributed by atoms with Crippen LogP contribution in [0, 0.1) is 35.5 Å². The first-order valence-corrected chi connectivity index (χ1v) is 11.9. The first-order chi connectivity index (χ1) is 13.9. The summed E-state index contributed by atoms with van der Waals surface area (Å²) < 4.78 is 51.0. The van der Waals surface area contributed by atoms with Crippen LogP contribution in [0.2, 0.25) is 0 Å². The van der Waals surface area contributed by atoms with Crippen molar-refractivity contribution < 1.29 is 17.6 Å². The van der Waals surface area contributed by atoms with Crippen molar-refractivity contribution in [3.05, 3.63) is 24.6 Å². The maximum absolute atomic E-state index is 13.8. The molecule has 4 heteroatoms. The molecule has 0 aliphatic heterocycles. The lowest BCUT2D eigenvalue weighted by Gasteiger charge is -2.41. The van der Waals surface area contributed by atoms with Crippen molar-refractivity contribution in [2.24, 2.45) is 35.5 Å². The van der Waals surface area contributed by atoms with Gasteiger partial charge in [-0.3, -0.25) is 0 Å². The highest BCUT2D eigenvalue weighted by Gasteiger charge is 2.36. The highest BCUT2D eigenvalue weighted by Crippen LogP contribution is 2.47. The Balaban J connectivity index is 1.37. The molecule has 0 bridgehead atoms. The Hall–Kier alpha value is -0.800. The molecule has 0 atom stereocenters. The van der Waals surface area contributed by atoms with E-state index in [1.165, 1.54) is 57.8 Å². The molecule has 0 radical (unpaired) electrons. The summed E-state index contributed by atoms with van der Waals surface area (Å²) in [6, 6.07) is 0. The second kappa shape index (κ2) is 10.5. The molecule has 0 N–H and O–H groups in total. The minimum absolute atomic E-state index is 0.130. The summed E-state index contributed by atoms with van der Waals surface area (Å²) in [7, 11) is 0. The van der Waals surface area contributed by atoms with Gasteiger partial charge in [0, 0.05) is 5.92 Å². The minimum atomic E-state index is -4.54. The van der Waals surface area contributed by atoms with E-state index in [0.717, 1.165) is 37.0 Å². The summed E-state index contributed by atoms with van der Waals surface area (Å²) in [5, 5.41) is 0.